The molecule has 10 heteroatoms. The topological polar surface area (TPSA) is 104 Å². The van der Waals surface area contributed by atoms with Crippen LogP contribution in [0.25, 0.3) is 0 Å². The fourth-order valence-electron chi connectivity index (χ4n) is 3.22. The number of hydrazone groups is 1. The maximum Gasteiger partial charge on any atom is 0.334 e. The standard InChI is InChI=1S/C19H15ClN4O5/c1-22-17(26)18(27)23(19(22)28)10-16(25)24-14(15-3-2-8-29-15)9-13(21-24)11-4-6-12(20)7-5-11/h2-8,14H,9-10H2,1H3/t14-/m1/s1. The number of nitrogens with zero attached hydrogens (tertiary/aromatic N) is 4. The lowest BCUT2D eigenvalue weighted by atomic mass is 10.0. The van der Waals surface area contributed by atoms with Crippen molar-refractivity contribution in [3.8, 4) is 0 Å². The average molecular weight is 415 g/mol. The van der Waals surface area contributed by atoms with Crippen molar-refractivity contribution >= 4 is 41.1 Å². The van der Waals surface area contributed by atoms with E-state index in [1.54, 1.807) is 36.4 Å². The molecule has 0 radical (unpaired) electrons. The van der Waals surface area contributed by atoms with Crippen LogP contribution in [0.15, 0.2) is 52.2 Å². The Kier molecular flexibility index (Phi) is 4.67. The summed E-state index contributed by atoms with van der Waals surface area (Å²) in [6, 6.07) is 9.04. The molecule has 1 atom stereocenters. The van der Waals surface area contributed by atoms with E-state index in [9.17, 15) is 19.2 Å². The summed E-state index contributed by atoms with van der Waals surface area (Å²) in [7, 11) is 1.19. The molecule has 29 heavy (non-hydrogen) atoms. The van der Waals surface area contributed by atoms with E-state index in [-0.39, 0.29) is 0 Å². The first-order valence-corrected chi connectivity index (χ1v) is 9.07. The van der Waals surface area contributed by atoms with Crippen LogP contribution in [-0.2, 0) is 14.4 Å². The largest absolute Gasteiger partial charge is 0.467 e. The van der Waals surface area contributed by atoms with E-state index in [4.69, 9.17) is 16.0 Å². The van der Waals surface area contributed by atoms with Crippen LogP contribution in [0, 0.1) is 0 Å². The monoisotopic (exact) mass is 414 g/mol. The number of imide groups is 2. The second kappa shape index (κ2) is 7.17. The number of amides is 5. The number of hydrogen-bond acceptors (Lipinski definition) is 6. The molecule has 3 heterocycles. The fourth-order valence-corrected chi connectivity index (χ4v) is 3.35. The maximum atomic E-state index is 12.9. The molecular formula is C19H15ClN4O5. The quantitative estimate of drug-likeness (QED) is 0.562. The van der Waals surface area contributed by atoms with Crippen molar-refractivity contribution in [1.82, 2.24) is 14.8 Å². The molecule has 1 fully saturated rings. The highest BCUT2D eigenvalue weighted by Crippen LogP contribution is 2.33. The van der Waals surface area contributed by atoms with Crippen molar-refractivity contribution in [1.29, 1.82) is 0 Å². The Morgan fingerprint density at radius 3 is 2.48 bits per heavy atom. The van der Waals surface area contributed by atoms with Crippen LogP contribution in [-0.4, -0.2) is 57.9 Å². The lowest BCUT2D eigenvalue weighted by molar-refractivity contribution is -0.145. The summed E-state index contributed by atoms with van der Waals surface area (Å²) in [5.74, 6) is -2.11. The Hall–Kier alpha value is -3.46. The van der Waals surface area contributed by atoms with Crippen LogP contribution in [0.2, 0.25) is 5.02 Å². The van der Waals surface area contributed by atoms with Gasteiger partial charge in [-0.1, -0.05) is 23.7 Å². The third-order valence-corrected chi connectivity index (χ3v) is 5.01. The van der Waals surface area contributed by atoms with Gasteiger partial charge in [0.1, 0.15) is 18.3 Å². The predicted octanol–water partition coefficient (Wildman–Crippen LogP) is 2.03. The molecule has 0 unspecified atom stereocenters. The van der Waals surface area contributed by atoms with Gasteiger partial charge in [0.15, 0.2) is 0 Å². The number of carbonyl (C=O) groups is 4. The van der Waals surface area contributed by atoms with E-state index in [0.717, 1.165) is 5.56 Å². The Balaban J connectivity index is 1.62. The van der Waals surface area contributed by atoms with Crippen molar-refractivity contribution in [2.45, 2.75) is 12.5 Å². The first-order valence-electron chi connectivity index (χ1n) is 8.69. The van der Waals surface area contributed by atoms with Crippen LogP contribution >= 0.6 is 11.6 Å². The number of furan rings is 1. The van der Waals surface area contributed by atoms with Gasteiger partial charge in [0, 0.05) is 18.5 Å². The number of carbonyl (C=O) groups excluding carboxylic acids is 4. The Morgan fingerprint density at radius 2 is 1.90 bits per heavy atom. The number of likely N-dealkylation sites (N-methyl/N-ethyl adjacent to an activating group) is 1. The summed E-state index contributed by atoms with van der Waals surface area (Å²) in [4.78, 5) is 49.9. The first-order chi connectivity index (χ1) is 13.9. The van der Waals surface area contributed by atoms with Gasteiger partial charge in [0.2, 0.25) is 0 Å². The van der Waals surface area contributed by atoms with Gasteiger partial charge in [-0.15, -0.1) is 0 Å². The van der Waals surface area contributed by atoms with Crippen LogP contribution in [0.1, 0.15) is 23.8 Å². The Labute approximate surface area is 170 Å². The molecule has 0 spiro atoms. The second-order valence-electron chi connectivity index (χ2n) is 6.57. The van der Waals surface area contributed by atoms with Gasteiger partial charge < -0.3 is 4.42 Å². The first kappa shape index (κ1) is 18.9. The molecule has 0 N–H and O–H groups in total. The summed E-state index contributed by atoms with van der Waals surface area (Å²) >= 11 is 5.93. The fraction of sp³-hybridized carbons (Fsp3) is 0.211. The zero-order chi connectivity index (χ0) is 20.7. The molecular weight excluding hydrogens is 400 g/mol. The molecule has 2 aromatic rings. The lowest BCUT2D eigenvalue weighted by Gasteiger charge is -2.21. The molecule has 5 amide bonds. The summed E-state index contributed by atoms with van der Waals surface area (Å²) < 4.78 is 5.45. The van der Waals surface area contributed by atoms with Gasteiger partial charge in [-0.2, -0.15) is 5.10 Å². The van der Waals surface area contributed by atoms with Gasteiger partial charge in [0.25, 0.3) is 5.91 Å². The minimum atomic E-state index is -1.04. The van der Waals surface area contributed by atoms with Crippen LogP contribution in [0.5, 0.6) is 0 Å². The number of urea groups is 1. The predicted molar refractivity (Wildman–Crippen MR) is 101 cm³/mol. The van der Waals surface area contributed by atoms with Gasteiger partial charge in [-0.05, 0) is 29.8 Å². The molecule has 9 nitrogen and oxygen atoms in total. The highest BCUT2D eigenvalue weighted by molar-refractivity contribution is 6.44. The van der Waals surface area contributed by atoms with Gasteiger partial charge >= 0.3 is 17.8 Å². The van der Waals surface area contributed by atoms with Crippen LogP contribution < -0.4 is 0 Å². The van der Waals surface area contributed by atoms with Crippen molar-refractivity contribution in [2.24, 2.45) is 5.10 Å². The van der Waals surface area contributed by atoms with Gasteiger partial charge in [-0.25, -0.2) is 14.7 Å². The van der Waals surface area contributed by atoms with Crippen molar-refractivity contribution in [3.63, 3.8) is 0 Å². The number of hydrogen-bond donors (Lipinski definition) is 0. The zero-order valence-electron chi connectivity index (χ0n) is 15.2. The summed E-state index contributed by atoms with van der Waals surface area (Å²) in [5, 5.41) is 6.16. The molecule has 1 aromatic carbocycles. The van der Waals surface area contributed by atoms with Crippen LogP contribution in [0.3, 0.4) is 0 Å². The summed E-state index contributed by atoms with van der Waals surface area (Å²) in [5.41, 5.74) is 1.41. The lowest BCUT2D eigenvalue weighted by Crippen LogP contribution is -2.41. The van der Waals surface area contributed by atoms with E-state index in [1.165, 1.54) is 18.3 Å². The van der Waals surface area contributed by atoms with Gasteiger partial charge in [-0.3, -0.25) is 19.3 Å². The molecule has 1 aromatic heterocycles. The number of benzene rings is 1. The smallest absolute Gasteiger partial charge is 0.334 e. The molecule has 148 valence electrons. The molecule has 0 bridgehead atoms. The van der Waals surface area contributed by atoms with Crippen molar-refractivity contribution in [2.75, 3.05) is 13.6 Å². The summed E-state index contributed by atoms with van der Waals surface area (Å²) in [6.45, 7) is -0.595. The third-order valence-electron chi connectivity index (χ3n) is 4.76. The molecule has 2 aliphatic heterocycles. The van der Waals surface area contributed by atoms with Gasteiger partial charge in [0.05, 0.1) is 12.0 Å². The van der Waals surface area contributed by atoms with Crippen LogP contribution in [0.4, 0.5) is 4.79 Å². The second-order valence-corrected chi connectivity index (χ2v) is 7.00. The molecule has 0 aliphatic carbocycles. The minimum absolute atomic E-state index is 0.377. The third kappa shape index (κ3) is 3.29. The zero-order valence-corrected chi connectivity index (χ0v) is 16.0. The van der Waals surface area contributed by atoms with E-state index in [2.05, 4.69) is 5.10 Å². The van der Waals surface area contributed by atoms with Crippen molar-refractivity contribution in [3.05, 3.63) is 59.0 Å². The molecule has 2 aliphatic rings. The van der Waals surface area contributed by atoms with E-state index < -0.39 is 36.3 Å². The number of halogens is 1. The molecule has 1 saturated heterocycles. The Bertz CT molecular complexity index is 1030. The van der Waals surface area contributed by atoms with E-state index in [1.807, 2.05) is 0 Å². The minimum Gasteiger partial charge on any atom is -0.467 e. The molecule has 0 saturated carbocycles. The average Bonchev–Trinajstić information content (AvgIpc) is 3.42. The van der Waals surface area contributed by atoms with E-state index in [0.29, 0.717) is 32.7 Å². The highest BCUT2D eigenvalue weighted by Gasteiger charge is 2.45. The number of rotatable bonds is 4. The Morgan fingerprint density at radius 1 is 1.17 bits per heavy atom. The normalized spacial score (nSPS) is 19.4. The summed E-state index contributed by atoms with van der Waals surface area (Å²) in [6.07, 6.45) is 1.86. The van der Waals surface area contributed by atoms with E-state index >= 15 is 0 Å². The highest BCUT2D eigenvalue weighted by atomic mass is 35.5. The maximum absolute atomic E-state index is 12.9. The van der Waals surface area contributed by atoms with Crippen molar-refractivity contribution < 1.29 is 23.6 Å². The molecule has 4 rings (SSSR count). The SMILES string of the molecule is CN1C(=O)C(=O)N(CC(=O)N2N=C(c3ccc(Cl)cc3)C[C@@H]2c2ccco2)C1=O.